The summed E-state index contributed by atoms with van der Waals surface area (Å²) in [4.78, 5) is 8.69. The fourth-order valence-corrected chi connectivity index (χ4v) is 2.55. The Labute approximate surface area is 155 Å². The molecule has 1 atom stereocenters. The molecule has 134 valence electrons. The second-order valence-corrected chi connectivity index (χ2v) is 7.67. The molecule has 0 aliphatic carbocycles. The van der Waals surface area contributed by atoms with E-state index < -0.39 is 9.84 Å². The SMILES string of the molecule is CCNC(=NCc1nc(C)c(C)o1)NC(C)CCS(C)(=O)=O.I. The molecular formula is C14H27IN4O3S. The molecule has 0 saturated carbocycles. The van der Waals surface area contributed by atoms with Crippen molar-refractivity contribution in [3.8, 4) is 0 Å². The molecule has 1 aromatic rings. The number of aromatic nitrogens is 1. The molecule has 1 rings (SSSR count). The van der Waals surface area contributed by atoms with Crippen molar-refractivity contribution in [3.05, 3.63) is 17.3 Å². The minimum Gasteiger partial charge on any atom is -0.444 e. The highest BCUT2D eigenvalue weighted by Gasteiger charge is 2.10. The zero-order valence-corrected chi connectivity index (χ0v) is 17.5. The Kier molecular flexibility index (Phi) is 9.74. The van der Waals surface area contributed by atoms with E-state index in [1.165, 1.54) is 6.26 Å². The molecular weight excluding hydrogens is 431 g/mol. The monoisotopic (exact) mass is 458 g/mol. The van der Waals surface area contributed by atoms with Gasteiger partial charge in [0.05, 0.1) is 11.4 Å². The van der Waals surface area contributed by atoms with Crippen LogP contribution < -0.4 is 10.6 Å². The fourth-order valence-electron chi connectivity index (χ4n) is 1.77. The summed E-state index contributed by atoms with van der Waals surface area (Å²) in [6.45, 7) is 8.71. The number of aryl methyl sites for hydroxylation is 2. The van der Waals surface area contributed by atoms with E-state index in [2.05, 4.69) is 20.6 Å². The van der Waals surface area contributed by atoms with E-state index in [0.29, 0.717) is 31.4 Å². The number of rotatable bonds is 7. The summed E-state index contributed by atoms with van der Waals surface area (Å²) in [5, 5.41) is 6.31. The van der Waals surface area contributed by atoms with Crippen LogP contribution >= 0.6 is 24.0 Å². The second kappa shape index (κ2) is 10.1. The number of nitrogens with zero attached hydrogens (tertiary/aromatic N) is 2. The van der Waals surface area contributed by atoms with Crippen molar-refractivity contribution in [2.75, 3.05) is 18.6 Å². The highest BCUT2D eigenvalue weighted by molar-refractivity contribution is 14.0. The zero-order valence-electron chi connectivity index (χ0n) is 14.3. The Bertz CT molecular complexity index is 594. The molecule has 1 aromatic heterocycles. The maximum Gasteiger partial charge on any atom is 0.216 e. The molecule has 9 heteroatoms. The van der Waals surface area contributed by atoms with Crippen molar-refractivity contribution in [2.45, 2.75) is 46.7 Å². The van der Waals surface area contributed by atoms with Gasteiger partial charge in [-0.3, -0.25) is 0 Å². The fraction of sp³-hybridized carbons (Fsp3) is 0.714. The Morgan fingerprint density at radius 3 is 2.52 bits per heavy atom. The summed E-state index contributed by atoms with van der Waals surface area (Å²) in [6.07, 6.45) is 1.77. The normalized spacial score (nSPS) is 13.3. The lowest BCUT2D eigenvalue weighted by atomic mass is 10.3. The van der Waals surface area contributed by atoms with Gasteiger partial charge in [-0.25, -0.2) is 18.4 Å². The summed E-state index contributed by atoms with van der Waals surface area (Å²) in [5.41, 5.74) is 0.865. The van der Waals surface area contributed by atoms with E-state index in [0.717, 1.165) is 11.5 Å². The molecule has 7 nitrogen and oxygen atoms in total. The minimum atomic E-state index is -2.95. The summed E-state index contributed by atoms with van der Waals surface area (Å²) in [6, 6.07) is 0.000516. The van der Waals surface area contributed by atoms with E-state index >= 15 is 0 Å². The van der Waals surface area contributed by atoms with Crippen molar-refractivity contribution in [3.63, 3.8) is 0 Å². The standard InChI is InChI=1S/C14H26N4O3S.HI/c1-6-15-14(17-10(2)7-8-22(5,19)20)16-9-13-18-11(3)12(4)21-13;/h10H,6-9H2,1-5H3,(H2,15,16,17);1H. The van der Waals surface area contributed by atoms with Crippen molar-refractivity contribution in [2.24, 2.45) is 4.99 Å². The first-order chi connectivity index (χ1) is 10.2. The average Bonchev–Trinajstić information content (AvgIpc) is 2.72. The molecule has 23 heavy (non-hydrogen) atoms. The first kappa shape index (κ1) is 22.2. The molecule has 0 radical (unpaired) electrons. The smallest absolute Gasteiger partial charge is 0.216 e. The first-order valence-electron chi connectivity index (χ1n) is 7.36. The second-order valence-electron chi connectivity index (χ2n) is 5.41. The van der Waals surface area contributed by atoms with Gasteiger partial charge in [0, 0.05) is 18.8 Å². The molecule has 0 fully saturated rings. The van der Waals surface area contributed by atoms with Crippen LogP contribution in [0.1, 0.15) is 37.6 Å². The van der Waals surface area contributed by atoms with Crippen LogP contribution in [0.15, 0.2) is 9.41 Å². The van der Waals surface area contributed by atoms with E-state index in [4.69, 9.17) is 4.42 Å². The minimum absolute atomic E-state index is 0. The van der Waals surface area contributed by atoms with Crippen molar-refractivity contribution in [1.29, 1.82) is 0 Å². The molecule has 0 saturated heterocycles. The van der Waals surface area contributed by atoms with Crippen LogP contribution in [-0.2, 0) is 16.4 Å². The number of aliphatic imine (C=N–C) groups is 1. The molecule has 1 heterocycles. The topological polar surface area (TPSA) is 96.6 Å². The number of guanidine groups is 1. The third-order valence-electron chi connectivity index (χ3n) is 3.09. The van der Waals surface area contributed by atoms with Gasteiger partial charge in [-0.1, -0.05) is 0 Å². The molecule has 0 spiro atoms. The molecule has 0 aliphatic rings. The molecule has 2 N–H and O–H groups in total. The molecule has 0 bridgehead atoms. The van der Waals surface area contributed by atoms with Crippen LogP contribution in [0, 0.1) is 13.8 Å². The van der Waals surface area contributed by atoms with Gasteiger partial charge in [0.1, 0.15) is 22.1 Å². The van der Waals surface area contributed by atoms with Crippen LogP contribution in [0.25, 0.3) is 0 Å². The Morgan fingerprint density at radius 1 is 1.39 bits per heavy atom. The van der Waals surface area contributed by atoms with Crippen LogP contribution in [0.3, 0.4) is 0 Å². The zero-order chi connectivity index (χ0) is 16.8. The lowest BCUT2D eigenvalue weighted by molar-refractivity contribution is 0.472. The molecule has 0 aromatic carbocycles. The lowest BCUT2D eigenvalue weighted by Gasteiger charge is -2.17. The Hall–Kier alpha value is -0.840. The van der Waals surface area contributed by atoms with Gasteiger partial charge in [-0.2, -0.15) is 0 Å². The first-order valence-corrected chi connectivity index (χ1v) is 9.42. The summed E-state index contributed by atoms with van der Waals surface area (Å²) < 4.78 is 27.9. The van der Waals surface area contributed by atoms with Gasteiger partial charge in [0.2, 0.25) is 5.89 Å². The van der Waals surface area contributed by atoms with Crippen LogP contribution in [-0.4, -0.2) is 44.0 Å². The highest BCUT2D eigenvalue weighted by Crippen LogP contribution is 2.08. The van der Waals surface area contributed by atoms with E-state index in [1.54, 1.807) is 0 Å². The van der Waals surface area contributed by atoms with Gasteiger partial charge in [0.25, 0.3) is 0 Å². The number of nitrogens with one attached hydrogen (secondary N) is 2. The Balaban J connectivity index is 0.00000484. The average molecular weight is 458 g/mol. The largest absolute Gasteiger partial charge is 0.444 e. The maximum atomic E-state index is 11.2. The number of halogens is 1. The van der Waals surface area contributed by atoms with Crippen LogP contribution in [0.5, 0.6) is 0 Å². The third-order valence-corrected chi connectivity index (χ3v) is 4.07. The van der Waals surface area contributed by atoms with Gasteiger partial charge in [0.15, 0.2) is 5.96 Å². The number of sulfone groups is 1. The molecule has 0 aliphatic heterocycles. The van der Waals surface area contributed by atoms with E-state index in [9.17, 15) is 8.42 Å². The summed E-state index contributed by atoms with van der Waals surface area (Å²) in [5.74, 6) is 2.14. The number of hydrogen-bond acceptors (Lipinski definition) is 5. The van der Waals surface area contributed by atoms with Crippen molar-refractivity contribution >= 4 is 39.8 Å². The quantitative estimate of drug-likeness (QED) is 0.368. The van der Waals surface area contributed by atoms with Gasteiger partial charge in [-0.15, -0.1) is 24.0 Å². The maximum absolute atomic E-state index is 11.2. The van der Waals surface area contributed by atoms with Gasteiger partial charge >= 0.3 is 0 Å². The third kappa shape index (κ3) is 9.14. The van der Waals surface area contributed by atoms with Crippen molar-refractivity contribution in [1.82, 2.24) is 15.6 Å². The van der Waals surface area contributed by atoms with E-state index in [1.807, 2.05) is 27.7 Å². The lowest BCUT2D eigenvalue weighted by Crippen LogP contribution is -2.42. The predicted molar refractivity (Wildman–Crippen MR) is 103 cm³/mol. The molecule has 1 unspecified atom stereocenters. The number of oxazole rings is 1. The number of hydrogen-bond donors (Lipinski definition) is 2. The van der Waals surface area contributed by atoms with Gasteiger partial charge < -0.3 is 15.1 Å². The van der Waals surface area contributed by atoms with Gasteiger partial charge in [-0.05, 0) is 34.1 Å². The van der Waals surface area contributed by atoms with E-state index in [-0.39, 0.29) is 35.8 Å². The van der Waals surface area contributed by atoms with Crippen LogP contribution in [0.2, 0.25) is 0 Å². The van der Waals surface area contributed by atoms with Crippen LogP contribution in [0.4, 0.5) is 0 Å². The van der Waals surface area contributed by atoms with Crippen molar-refractivity contribution < 1.29 is 12.8 Å². The highest BCUT2D eigenvalue weighted by atomic mass is 127. The molecule has 0 amide bonds. The summed E-state index contributed by atoms with van der Waals surface area (Å²) >= 11 is 0. The Morgan fingerprint density at radius 2 is 2.04 bits per heavy atom. The summed E-state index contributed by atoms with van der Waals surface area (Å²) in [7, 11) is -2.95. The predicted octanol–water partition coefficient (Wildman–Crippen LogP) is 1.79.